The van der Waals surface area contributed by atoms with Gasteiger partial charge in [0.2, 0.25) is 0 Å². The van der Waals surface area contributed by atoms with Gasteiger partial charge in [-0.1, -0.05) is 56.0 Å². The van der Waals surface area contributed by atoms with Gasteiger partial charge >= 0.3 is 0 Å². The first-order chi connectivity index (χ1) is 9.74. The van der Waals surface area contributed by atoms with Crippen LogP contribution in [-0.2, 0) is 0 Å². The van der Waals surface area contributed by atoms with Gasteiger partial charge in [0.25, 0.3) is 0 Å². The molecule has 0 radical (unpaired) electrons. The van der Waals surface area contributed by atoms with Crippen LogP contribution in [0.25, 0.3) is 0 Å². The summed E-state index contributed by atoms with van der Waals surface area (Å²) in [4.78, 5) is 0. The van der Waals surface area contributed by atoms with Crippen LogP contribution in [0.4, 0.5) is 0 Å². The molecule has 0 aliphatic carbocycles. The summed E-state index contributed by atoms with van der Waals surface area (Å²) in [5.41, 5.74) is 0. The van der Waals surface area contributed by atoms with Gasteiger partial charge in [-0.3, -0.25) is 0 Å². The van der Waals surface area contributed by atoms with Crippen molar-refractivity contribution in [2.75, 3.05) is 31.5 Å². The molecule has 0 heterocycles. The second kappa shape index (κ2) is 14.4. The Balaban J connectivity index is 4.48. The van der Waals surface area contributed by atoms with E-state index in [4.69, 9.17) is 0 Å². The molecule has 0 aromatic carbocycles. The molecule has 0 aromatic heterocycles. The van der Waals surface area contributed by atoms with Crippen molar-refractivity contribution in [3.05, 3.63) is 0 Å². The third-order valence-electron chi connectivity index (χ3n) is 4.47. The zero-order valence-corrected chi connectivity index (χ0v) is 16.0. The average Bonchev–Trinajstić information content (AvgIpc) is 2.46. The largest absolute Gasteiger partial charge is 0.324 e. The molecule has 0 rings (SSSR count). The average molecular weight is 349 g/mol. The van der Waals surface area contributed by atoms with Crippen molar-refractivity contribution in [1.29, 1.82) is 0 Å². The number of rotatable bonds is 15. The lowest BCUT2D eigenvalue weighted by Crippen LogP contribution is -2.51. The van der Waals surface area contributed by atoms with Crippen LogP contribution in [0.3, 0.4) is 0 Å². The van der Waals surface area contributed by atoms with Gasteiger partial charge in [-0.2, -0.15) is 0 Å². The Morgan fingerprint density at radius 3 is 1.20 bits per heavy atom. The number of hydrogen-bond donors (Lipinski definition) is 0. The lowest BCUT2D eigenvalue weighted by Gasteiger charge is -2.39. The van der Waals surface area contributed by atoms with Crippen LogP contribution in [0, 0.1) is 0 Å². The molecular formula is C18H39BrN+. The Morgan fingerprint density at radius 2 is 0.900 bits per heavy atom. The molecule has 0 aliphatic heterocycles. The maximum Gasteiger partial charge on any atom is 0.0794 e. The van der Waals surface area contributed by atoms with Crippen molar-refractivity contribution in [2.24, 2.45) is 0 Å². The highest BCUT2D eigenvalue weighted by Gasteiger charge is 2.25. The summed E-state index contributed by atoms with van der Waals surface area (Å²) < 4.78 is 1.41. The zero-order valence-electron chi connectivity index (χ0n) is 14.4. The SMILES string of the molecule is CCCCC[N+](CCCBr)(CCCCC)CCCCC. The van der Waals surface area contributed by atoms with E-state index in [-0.39, 0.29) is 0 Å². The number of quaternary nitrogens is 1. The number of nitrogens with zero attached hydrogens (tertiary/aromatic N) is 1. The standard InChI is InChI=1S/C18H39BrN/c1-4-7-10-15-20(18-13-14-19,16-11-8-5-2)17-12-9-6-3/h4-18H2,1-3H3/q+1. The number of unbranched alkanes of at least 4 members (excludes halogenated alkanes) is 6. The van der Waals surface area contributed by atoms with E-state index in [1.807, 2.05) is 0 Å². The van der Waals surface area contributed by atoms with Crippen molar-refractivity contribution >= 4 is 15.9 Å². The zero-order chi connectivity index (χ0) is 15.1. The normalized spacial score (nSPS) is 12.0. The Hall–Kier alpha value is 0.440. The third kappa shape index (κ3) is 10.2. The van der Waals surface area contributed by atoms with Gasteiger partial charge in [0.15, 0.2) is 0 Å². The molecule has 2 heteroatoms. The fraction of sp³-hybridized carbons (Fsp3) is 1.00. The minimum absolute atomic E-state index is 1.17. The van der Waals surface area contributed by atoms with Gasteiger partial charge in [-0.05, 0) is 38.5 Å². The van der Waals surface area contributed by atoms with E-state index in [0.29, 0.717) is 0 Å². The van der Waals surface area contributed by atoms with Gasteiger partial charge in [0.05, 0.1) is 26.2 Å². The summed E-state index contributed by atoms with van der Waals surface area (Å²) >= 11 is 3.64. The second-order valence-corrected chi connectivity index (χ2v) is 7.19. The van der Waals surface area contributed by atoms with Gasteiger partial charge < -0.3 is 4.48 Å². The molecule has 122 valence electrons. The lowest BCUT2D eigenvalue weighted by molar-refractivity contribution is -0.928. The quantitative estimate of drug-likeness (QED) is 0.189. The molecule has 0 fully saturated rings. The minimum Gasteiger partial charge on any atom is -0.324 e. The van der Waals surface area contributed by atoms with Gasteiger partial charge in [-0.25, -0.2) is 0 Å². The molecule has 0 saturated carbocycles. The first-order valence-corrected chi connectivity index (χ1v) is 10.3. The van der Waals surface area contributed by atoms with Crippen LogP contribution in [0.1, 0.15) is 85.0 Å². The van der Waals surface area contributed by atoms with Crippen LogP contribution < -0.4 is 0 Å². The van der Waals surface area contributed by atoms with Crippen LogP contribution in [0.15, 0.2) is 0 Å². The molecule has 0 bridgehead atoms. The molecule has 0 saturated heterocycles. The monoisotopic (exact) mass is 348 g/mol. The van der Waals surface area contributed by atoms with Crippen molar-refractivity contribution in [3.63, 3.8) is 0 Å². The fourth-order valence-corrected chi connectivity index (χ4v) is 3.41. The molecule has 20 heavy (non-hydrogen) atoms. The van der Waals surface area contributed by atoms with Crippen LogP contribution >= 0.6 is 15.9 Å². The summed E-state index contributed by atoms with van der Waals surface area (Å²) in [6.45, 7) is 12.6. The molecule has 0 aliphatic rings. The smallest absolute Gasteiger partial charge is 0.0794 e. The van der Waals surface area contributed by atoms with Crippen LogP contribution in [0.2, 0.25) is 0 Å². The van der Waals surface area contributed by atoms with Crippen molar-refractivity contribution < 1.29 is 4.48 Å². The topological polar surface area (TPSA) is 0 Å². The second-order valence-electron chi connectivity index (χ2n) is 6.40. The van der Waals surface area contributed by atoms with E-state index in [2.05, 4.69) is 36.7 Å². The maximum atomic E-state index is 3.64. The summed E-state index contributed by atoms with van der Waals surface area (Å²) in [6, 6.07) is 0. The van der Waals surface area contributed by atoms with Gasteiger partial charge in [0.1, 0.15) is 0 Å². The lowest BCUT2D eigenvalue weighted by atomic mass is 10.1. The van der Waals surface area contributed by atoms with E-state index in [1.54, 1.807) is 0 Å². The number of hydrogen-bond acceptors (Lipinski definition) is 0. The summed E-state index contributed by atoms with van der Waals surface area (Å²) in [5.74, 6) is 0. The number of alkyl halides is 1. The molecule has 0 aromatic rings. The van der Waals surface area contributed by atoms with Crippen molar-refractivity contribution in [3.8, 4) is 0 Å². The Labute approximate surface area is 137 Å². The first kappa shape index (κ1) is 20.4. The van der Waals surface area contributed by atoms with E-state index >= 15 is 0 Å². The molecule has 0 unspecified atom stereocenters. The molecule has 0 N–H and O–H groups in total. The molecule has 0 spiro atoms. The van der Waals surface area contributed by atoms with Gasteiger partial charge in [0, 0.05) is 11.8 Å². The van der Waals surface area contributed by atoms with E-state index in [9.17, 15) is 0 Å². The number of halogens is 1. The van der Waals surface area contributed by atoms with Crippen molar-refractivity contribution in [2.45, 2.75) is 85.0 Å². The predicted molar refractivity (Wildman–Crippen MR) is 96.7 cm³/mol. The third-order valence-corrected chi connectivity index (χ3v) is 5.03. The van der Waals surface area contributed by atoms with Crippen LogP contribution in [-0.4, -0.2) is 36.0 Å². The van der Waals surface area contributed by atoms with E-state index in [1.165, 1.54) is 100 Å². The highest BCUT2D eigenvalue weighted by molar-refractivity contribution is 9.09. The maximum absolute atomic E-state index is 3.64. The Morgan fingerprint density at radius 1 is 0.550 bits per heavy atom. The van der Waals surface area contributed by atoms with E-state index in [0.717, 1.165) is 0 Å². The summed E-state index contributed by atoms with van der Waals surface area (Å²) in [5, 5.41) is 1.17. The Bertz CT molecular complexity index is 167. The van der Waals surface area contributed by atoms with Crippen LogP contribution in [0.5, 0.6) is 0 Å². The minimum atomic E-state index is 1.17. The Kier molecular flexibility index (Phi) is 14.7. The molecular weight excluding hydrogens is 310 g/mol. The summed E-state index contributed by atoms with van der Waals surface area (Å²) in [6.07, 6.45) is 13.9. The molecule has 0 amide bonds. The summed E-state index contributed by atoms with van der Waals surface area (Å²) in [7, 11) is 0. The first-order valence-electron chi connectivity index (χ1n) is 9.15. The highest BCUT2D eigenvalue weighted by Crippen LogP contribution is 2.17. The molecule has 1 nitrogen and oxygen atoms in total. The van der Waals surface area contributed by atoms with Gasteiger partial charge in [-0.15, -0.1) is 0 Å². The van der Waals surface area contributed by atoms with Crippen molar-refractivity contribution in [1.82, 2.24) is 0 Å². The molecule has 0 atom stereocenters. The highest BCUT2D eigenvalue weighted by atomic mass is 79.9. The predicted octanol–water partition coefficient (Wildman–Crippen LogP) is 6.16. The fourth-order valence-electron chi connectivity index (χ4n) is 3.16. The van der Waals surface area contributed by atoms with E-state index < -0.39 is 0 Å².